The molecule has 1 aliphatic heterocycles. The highest BCUT2D eigenvalue weighted by Crippen LogP contribution is 2.27. The van der Waals surface area contributed by atoms with Gasteiger partial charge in [0.15, 0.2) is 5.96 Å². The van der Waals surface area contributed by atoms with Crippen molar-refractivity contribution < 1.29 is 0 Å². The molecular formula is C20H23N5. The number of hydrogen-bond donors (Lipinski definition) is 2. The number of H-pyrrole nitrogens is 1. The number of fused-ring (bicyclic) bond motifs is 2. The number of aliphatic imine (C=N–C) groups is 1. The van der Waals surface area contributed by atoms with Crippen molar-refractivity contribution in [3.63, 3.8) is 0 Å². The lowest BCUT2D eigenvalue weighted by atomic mass is 10.2. The van der Waals surface area contributed by atoms with Gasteiger partial charge < -0.3 is 15.2 Å². The van der Waals surface area contributed by atoms with Gasteiger partial charge in [0.05, 0.1) is 11.0 Å². The van der Waals surface area contributed by atoms with Gasteiger partial charge in [-0.15, -0.1) is 0 Å². The van der Waals surface area contributed by atoms with Crippen LogP contribution in [-0.2, 0) is 12.8 Å². The van der Waals surface area contributed by atoms with Crippen molar-refractivity contribution in [2.75, 3.05) is 24.5 Å². The minimum Gasteiger partial charge on any atom is -0.356 e. The van der Waals surface area contributed by atoms with Crippen LogP contribution in [0.15, 0.2) is 53.5 Å². The number of aromatic amines is 1. The lowest BCUT2D eigenvalue weighted by molar-refractivity contribution is 0.853. The molecule has 0 bridgehead atoms. The predicted molar refractivity (Wildman–Crippen MR) is 103 cm³/mol. The molecule has 0 unspecified atom stereocenters. The molecule has 0 amide bonds. The van der Waals surface area contributed by atoms with E-state index >= 15 is 0 Å². The largest absolute Gasteiger partial charge is 0.356 e. The maximum Gasteiger partial charge on any atom is 0.198 e. The van der Waals surface area contributed by atoms with Gasteiger partial charge in [-0.2, -0.15) is 0 Å². The third-order valence-corrected chi connectivity index (χ3v) is 4.53. The maximum absolute atomic E-state index is 4.83. The van der Waals surface area contributed by atoms with Crippen LogP contribution in [0.5, 0.6) is 0 Å². The minimum absolute atomic E-state index is 0.709. The summed E-state index contributed by atoms with van der Waals surface area (Å²) >= 11 is 0. The average Bonchev–Trinajstić information content (AvgIpc) is 3.24. The maximum atomic E-state index is 4.83. The summed E-state index contributed by atoms with van der Waals surface area (Å²) in [5.74, 6) is 1.95. The van der Waals surface area contributed by atoms with Gasteiger partial charge in [-0.3, -0.25) is 4.99 Å². The number of hydrogen-bond acceptors (Lipinski definition) is 2. The number of anilines is 1. The third kappa shape index (κ3) is 3.22. The van der Waals surface area contributed by atoms with Gasteiger partial charge in [0.1, 0.15) is 5.82 Å². The molecular weight excluding hydrogens is 310 g/mol. The SMILES string of the molecule is CCNC(=NCCc1nc2ccccc2[nH]1)N1CCc2ccccc21. The smallest absolute Gasteiger partial charge is 0.198 e. The van der Waals surface area contributed by atoms with E-state index in [4.69, 9.17) is 4.99 Å². The van der Waals surface area contributed by atoms with Gasteiger partial charge in [-0.05, 0) is 37.1 Å². The van der Waals surface area contributed by atoms with Crippen LogP contribution in [0.3, 0.4) is 0 Å². The molecule has 5 heteroatoms. The lowest BCUT2D eigenvalue weighted by Crippen LogP contribution is -2.40. The molecule has 2 aromatic carbocycles. The predicted octanol–water partition coefficient (Wildman–Crippen LogP) is 3.13. The molecule has 0 fully saturated rings. The van der Waals surface area contributed by atoms with Crippen LogP contribution in [0.1, 0.15) is 18.3 Å². The van der Waals surface area contributed by atoms with Crippen LogP contribution >= 0.6 is 0 Å². The second kappa shape index (κ2) is 6.97. The molecule has 5 nitrogen and oxygen atoms in total. The number of rotatable bonds is 4. The van der Waals surface area contributed by atoms with Crippen molar-refractivity contribution in [1.82, 2.24) is 15.3 Å². The van der Waals surface area contributed by atoms with Crippen LogP contribution < -0.4 is 10.2 Å². The number of aromatic nitrogens is 2. The Bertz CT molecular complexity index is 863. The highest BCUT2D eigenvalue weighted by Gasteiger charge is 2.22. The molecule has 2 heterocycles. The Morgan fingerprint density at radius 3 is 2.92 bits per heavy atom. The molecule has 25 heavy (non-hydrogen) atoms. The van der Waals surface area contributed by atoms with Gasteiger partial charge in [0, 0.05) is 31.7 Å². The van der Waals surface area contributed by atoms with E-state index < -0.39 is 0 Å². The van der Waals surface area contributed by atoms with Crippen molar-refractivity contribution in [3.8, 4) is 0 Å². The molecule has 0 saturated carbocycles. The van der Waals surface area contributed by atoms with Crippen LogP contribution in [0.4, 0.5) is 5.69 Å². The molecule has 3 aromatic rings. The van der Waals surface area contributed by atoms with E-state index in [0.717, 1.165) is 48.7 Å². The molecule has 0 radical (unpaired) electrons. The summed E-state index contributed by atoms with van der Waals surface area (Å²) in [4.78, 5) is 15.1. The molecule has 1 aliphatic rings. The van der Waals surface area contributed by atoms with Gasteiger partial charge in [-0.25, -0.2) is 4.98 Å². The van der Waals surface area contributed by atoms with Gasteiger partial charge >= 0.3 is 0 Å². The zero-order chi connectivity index (χ0) is 17.1. The number of nitrogens with one attached hydrogen (secondary N) is 2. The summed E-state index contributed by atoms with van der Waals surface area (Å²) in [6.45, 7) is 4.66. The van der Waals surface area contributed by atoms with Crippen molar-refractivity contribution in [2.24, 2.45) is 4.99 Å². The zero-order valence-electron chi connectivity index (χ0n) is 14.5. The monoisotopic (exact) mass is 333 g/mol. The van der Waals surface area contributed by atoms with Crippen molar-refractivity contribution >= 4 is 22.7 Å². The average molecular weight is 333 g/mol. The highest BCUT2D eigenvalue weighted by molar-refractivity contribution is 5.98. The van der Waals surface area contributed by atoms with Crippen molar-refractivity contribution in [1.29, 1.82) is 0 Å². The first-order chi connectivity index (χ1) is 12.3. The van der Waals surface area contributed by atoms with Gasteiger partial charge in [-0.1, -0.05) is 30.3 Å². The van der Waals surface area contributed by atoms with E-state index in [0.29, 0.717) is 6.54 Å². The Kier molecular flexibility index (Phi) is 4.37. The highest BCUT2D eigenvalue weighted by atomic mass is 15.3. The normalized spacial score (nSPS) is 14.1. The summed E-state index contributed by atoms with van der Waals surface area (Å²) in [6.07, 6.45) is 1.88. The Morgan fingerprint density at radius 1 is 1.20 bits per heavy atom. The van der Waals surface area contributed by atoms with E-state index in [9.17, 15) is 0 Å². The second-order valence-electron chi connectivity index (χ2n) is 6.22. The molecule has 4 rings (SSSR count). The number of nitrogens with zero attached hydrogens (tertiary/aromatic N) is 3. The van der Waals surface area contributed by atoms with E-state index in [1.807, 2.05) is 18.2 Å². The number of imidazole rings is 1. The van der Waals surface area contributed by atoms with Crippen LogP contribution in [0, 0.1) is 0 Å². The first-order valence-electron chi connectivity index (χ1n) is 8.92. The lowest BCUT2D eigenvalue weighted by Gasteiger charge is -2.22. The third-order valence-electron chi connectivity index (χ3n) is 4.53. The second-order valence-corrected chi connectivity index (χ2v) is 6.22. The van der Waals surface area contributed by atoms with Crippen LogP contribution in [0.25, 0.3) is 11.0 Å². The van der Waals surface area contributed by atoms with E-state index in [1.165, 1.54) is 11.3 Å². The summed E-state index contributed by atoms with van der Waals surface area (Å²) in [7, 11) is 0. The van der Waals surface area contributed by atoms with Crippen molar-refractivity contribution in [2.45, 2.75) is 19.8 Å². The molecule has 0 aliphatic carbocycles. The number of guanidine groups is 1. The summed E-state index contributed by atoms with van der Waals surface area (Å²) < 4.78 is 0. The molecule has 1 aromatic heterocycles. The fourth-order valence-electron chi connectivity index (χ4n) is 3.34. The van der Waals surface area contributed by atoms with E-state index in [-0.39, 0.29) is 0 Å². The minimum atomic E-state index is 0.709. The Morgan fingerprint density at radius 2 is 2.04 bits per heavy atom. The van der Waals surface area contributed by atoms with Crippen LogP contribution in [0.2, 0.25) is 0 Å². The topological polar surface area (TPSA) is 56.3 Å². The molecule has 0 saturated heterocycles. The van der Waals surface area contributed by atoms with E-state index in [1.54, 1.807) is 0 Å². The fourth-order valence-corrected chi connectivity index (χ4v) is 3.34. The summed E-state index contributed by atoms with van der Waals surface area (Å²) in [6, 6.07) is 16.7. The quantitative estimate of drug-likeness (QED) is 0.570. The Labute approximate surface area is 147 Å². The Hall–Kier alpha value is -2.82. The molecule has 128 valence electrons. The first-order valence-corrected chi connectivity index (χ1v) is 8.92. The zero-order valence-corrected chi connectivity index (χ0v) is 14.5. The van der Waals surface area contributed by atoms with Gasteiger partial charge in [0.2, 0.25) is 0 Å². The number of para-hydroxylation sites is 3. The first kappa shape index (κ1) is 15.7. The summed E-state index contributed by atoms with van der Waals surface area (Å²) in [5, 5.41) is 3.42. The molecule has 0 spiro atoms. The Balaban J connectivity index is 1.49. The molecule has 0 atom stereocenters. The summed E-state index contributed by atoms with van der Waals surface area (Å²) in [5.41, 5.74) is 4.76. The van der Waals surface area contributed by atoms with Gasteiger partial charge in [0.25, 0.3) is 0 Å². The van der Waals surface area contributed by atoms with Crippen LogP contribution in [-0.4, -0.2) is 35.6 Å². The standard InChI is InChI=1S/C20H23N5/c1-2-21-20(25-14-12-15-7-3-6-10-18(15)25)22-13-11-19-23-16-8-4-5-9-17(16)24-19/h3-10H,2,11-14H2,1H3,(H,21,22)(H,23,24). The number of benzene rings is 2. The molecule has 2 N–H and O–H groups in total. The fraction of sp³-hybridized carbons (Fsp3) is 0.300. The van der Waals surface area contributed by atoms with E-state index in [2.05, 4.69) is 57.4 Å². The van der Waals surface area contributed by atoms with Crippen molar-refractivity contribution in [3.05, 3.63) is 59.9 Å².